The van der Waals surface area contributed by atoms with E-state index in [0.717, 1.165) is 63.1 Å². The van der Waals surface area contributed by atoms with E-state index in [1.54, 1.807) is 0 Å². The van der Waals surface area contributed by atoms with E-state index < -0.39 is 5.41 Å². The van der Waals surface area contributed by atoms with Crippen LogP contribution < -0.4 is 27.0 Å². The zero-order chi connectivity index (χ0) is 43.2. The fourth-order valence-electron chi connectivity index (χ4n) is 6.20. The number of quaternary nitrogens is 1. The van der Waals surface area contributed by atoms with Crippen molar-refractivity contribution in [3.8, 4) is 0 Å². The Labute approximate surface area is 367 Å². The highest BCUT2D eigenvalue weighted by atomic mass is 32.2. The Hall–Kier alpha value is -0.600. The number of rotatable bonds is 44. The highest BCUT2D eigenvalue weighted by Gasteiger charge is 2.26. The Morgan fingerprint density at radius 1 is 0.603 bits per heavy atom. The molecule has 0 spiro atoms. The number of unbranched alkanes of at least 4 members (excludes halogenated alkanes) is 18. The van der Waals surface area contributed by atoms with Gasteiger partial charge in [-0.05, 0) is 30.8 Å². The molecule has 0 fully saturated rings. The van der Waals surface area contributed by atoms with Crippen molar-refractivity contribution in [2.24, 2.45) is 17.3 Å². The van der Waals surface area contributed by atoms with Crippen molar-refractivity contribution in [2.45, 2.75) is 169 Å². The van der Waals surface area contributed by atoms with Gasteiger partial charge in [0.05, 0.1) is 25.7 Å². The molecular formula is C46H98N5O5S2+. The molecule has 0 heterocycles. The summed E-state index contributed by atoms with van der Waals surface area (Å²) in [5.41, 5.74) is 3.25. The summed E-state index contributed by atoms with van der Waals surface area (Å²) < 4.78 is 5.35. The molecule has 0 radical (unpaired) electrons. The monoisotopic (exact) mass is 865 g/mol. The van der Waals surface area contributed by atoms with Gasteiger partial charge in [-0.2, -0.15) is 23.5 Å². The van der Waals surface area contributed by atoms with E-state index in [-0.39, 0.29) is 43.5 Å². The Morgan fingerprint density at radius 3 is 1.41 bits per heavy atom. The van der Waals surface area contributed by atoms with Gasteiger partial charge in [-0.25, -0.2) is 0 Å². The number of carbonyl (C=O) groups excluding carboxylic acids is 2. The van der Waals surface area contributed by atoms with Crippen LogP contribution in [0.5, 0.6) is 0 Å². The molecule has 1 amide bonds. The summed E-state index contributed by atoms with van der Waals surface area (Å²) >= 11 is 3.76. The molecule has 0 bridgehead atoms. The van der Waals surface area contributed by atoms with Crippen LogP contribution in [-0.2, 0) is 14.3 Å². The van der Waals surface area contributed by atoms with Gasteiger partial charge < -0.3 is 42.0 Å². The van der Waals surface area contributed by atoms with Gasteiger partial charge in [-0.1, -0.05) is 150 Å². The summed E-state index contributed by atoms with van der Waals surface area (Å²) in [6, 6.07) is 0. The molecule has 3 unspecified atom stereocenters. The lowest BCUT2D eigenvalue weighted by molar-refractivity contribution is -0.365. The summed E-state index contributed by atoms with van der Waals surface area (Å²) in [6.45, 7) is 17.6. The Balaban J connectivity index is 0. The Morgan fingerprint density at radius 2 is 1.00 bits per heavy atom. The van der Waals surface area contributed by atoms with E-state index >= 15 is 0 Å². The van der Waals surface area contributed by atoms with Gasteiger partial charge in [0.15, 0.2) is 0 Å². The second-order valence-electron chi connectivity index (χ2n) is 16.8. The van der Waals surface area contributed by atoms with Crippen LogP contribution in [0, 0.1) is 17.3 Å². The van der Waals surface area contributed by atoms with Crippen molar-refractivity contribution in [1.29, 1.82) is 0 Å². The Kier molecular flexibility index (Phi) is 48.7. The van der Waals surface area contributed by atoms with E-state index in [0.29, 0.717) is 13.0 Å². The number of aliphatic hydroxyl groups is 2. The Bertz CT molecular complexity index is 865. The van der Waals surface area contributed by atoms with Crippen molar-refractivity contribution < 1.29 is 30.3 Å². The van der Waals surface area contributed by atoms with E-state index in [1.807, 2.05) is 44.3 Å². The van der Waals surface area contributed by atoms with Crippen LogP contribution in [0.2, 0.25) is 0 Å². The summed E-state index contributed by atoms with van der Waals surface area (Å²) in [6.07, 6.45) is 27.7. The normalized spacial score (nSPS) is 13.4. The predicted molar refractivity (Wildman–Crippen MR) is 254 cm³/mol. The van der Waals surface area contributed by atoms with Gasteiger partial charge in [0.1, 0.15) is 0 Å². The number of aliphatic hydroxyl groups excluding tert-OH is 2. The molecule has 58 heavy (non-hydrogen) atoms. The number of ether oxygens (including phenoxy) is 1. The molecule has 0 aliphatic rings. The molecule has 9 N–H and O–H groups in total. The topological polar surface area (TPSA) is 160 Å². The van der Waals surface area contributed by atoms with E-state index in [1.165, 1.54) is 134 Å². The molecule has 0 rings (SSSR count). The number of hydrogen-bond acceptors (Lipinski definition) is 10. The molecule has 12 heteroatoms. The third-order valence-corrected chi connectivity index (χ3v) is 13.1. The maximum atomic E-state index is 12.2. The lowest BCUT2D eigenvalue weighted by Crippen LogP contribution is -2.54. The number of hydrogen-bond donors (Lipinski definition) is 7. The van der Waals surface area contributed by atoms with Gasteiger partial charge in [0, 0.05) is 75.3 Å². The molecule has 0 saturated carbocycles. The van der Waals surface area contributed by atoms with E-state index in [2.05, 4.69) is 40.8 Å². The number of nitrogens with one attached hydrogen (secondary N) is 4. The average Bonchev–Trinajstić information content (AvgIpc) is 3.22. The first-order valence-corrected chi connectivity index (χ1v) is 26.2. The number of thioether (sulfide) groups is 2. The van der Waals surface area contributed by atoms with Crippen LogP contribution in [0.1, 0.15) is 169 Å². The van der Waals surface area contributed by atoms with Gasteiger partial charge in [0.25, 0.3) is 0 Å². The highest BCUT2D eigenvalue weighted by Crippen LogP contribution is 2.22. The first-order chi connectivity index (χ1) is 28.2. The van der Waals surface area contributed by atoms with Crippen molar-refractivity contribution >= 4 is 35.4 Å². The maximum Gasteiger partial charge on any atom is 0.309 e. The van der Waals surface area contributed by atoms with Crippen LogP contribution >= 0.6 is 23.5 Å². The van der Waals surface area contributed by atoms with E-state index in [9.17, 15) is 14.7 Å². The fraction of sp³-hybridized carbons (Fsp3) is 0.957. The van der Waals surface area contributed by atoms with Crippen molar-refractivity contribution in [3.63, 3.8) is 0 Å². The van der Waals surface area contributed by atoms with Crippen molar-refractivity contribution in [1.82, 2.24) is 21.3 Å². The minimum atomic E-state index is -0.548. The summed E-state index contributed by atoms with van der Waals surface area (Å²) in [4.78, 5) is 24.2. The summed E-state index contributed by atoms with van der Waals surface area (Å²) in [5.74, 6) is 3.96. The standard InChI is InChI=1S/C24H53N5OS.C22H44O4S/c1-3-4-5-6-7-8-9-10-11-12-21-31-22-23(2)24(30)29-20-19-28-18-17-27-16-15-26-14-13-25;1-4-5-6-7-8-9-10-11-12-13-16-27-17-20(2)21(25)26-19-22(3,18-24)14-15-23/h23,26-28H,3-22,25H2,1-2H3,(H,29,30);20,23-24H,4-19H2,1-3H3/p+1. The molecule has 348 valence electrons. The van der Waals surface area contributed by atoms with Crippen molar-refractivity contribution in [2.75, 3.05) is 95.2 Å². The lowest BCUT2D eigenvalue weighted by atomic mass is 9.89. The second kappa shape index (κ2) is 47.4. The third-order valence-electron chi connectivity index (χ3n) is 10.4. The highest BCUT2D eigenvalue weighted by molar-refractivity contribution is 7.99. The van der Waals surface area contributed by atoms with Crippen LogP contribution in [0.4, 0.5) is 0 Å². The predicted octanol–water partition coefficient (Wildman–Crippen LogP) is 7.60. The summed E-state index contributed by atoms with van der Waals surface area (Å²) in [5, 5.41) is 31.5. The second-order valence-corrected chi connectivity index (χ2v) is 19.1. The van der Waals surface area contributed by atoms with Gasteiger partial charge >= 0.3 is 5.97 Å². The molecular weight excluding hydrogens is 767 g/mol. The zero-order valence-electron chi connectivity index (χ0n) is 38.8. The molecule has 0 aliphatic heterocycles. The largest absolute Gasteiger partial charge is 0.465 e. The lowest BCUT2D eigenvalue weighted by Gasteiger charge is -2.26. The SMILES string of the molecule is CCCCCCCCCCCCSCC(C)C(=O)NCCNCCNCCNCC[NH3+].CCCCCCCCCCCCSCC(C)C(=O)OCC(C)(CO)CCO. The van der Waals surface area contributed by atoms with Crippen LogP contribution in [0.15, 0.2) is 0 Å². The first-order valence-electron chi connectivity index (χ1n) is 23.9. The van der Waals surface area contributed by atoms with Crippen LogP contribution in [0.3, 0.4) is 0 Å². The van der Waals surface area contributed by atoms with Crippen LogP contribution in [-0.4, -0.2) is 117 Å². The van der Waals surface area contributed by atoms with Gasteiger partial charge in [0.2, 0.25) is 5.91 Å². The fourth-order valence-corrected chi connectivity index (χ4v) is 8.35. The number of esters is 1. The quantitative estimate of drug-likeness (QED) is 0.0240. The maximum absolute atomic E-state index is 12.2. The van der Waals surface area contributed by atoms with Crippen LogP contribution in [0.25, 0.3) is 0 Å². The molecule has 0 aromatic heterocycles. The average molecular weight is 865 g/mol. The molecule has 0 saturated heterocycles. The molecule has 0 aliphatic carbocycles. The molecule has 3 atom stereocenters. The van der Waals surface area contributed by atoms with Gasteiger partial charge in [-0.15, -0.1) is 0 Å². The summed E-state index contributed by atoms with van der Waals surface area (Å²) in [7, 11) is 0. The minimum absolute atomic E-state index is 0.0150. The molecule has 0 aromatic carbocycles. The van der Waals surface area contributed by atoms with E-state index in [4.69, 9.17) is 9.84 Å². The number of carbonyl (C=O) groups is 2. The third kappa shape index (κ3) is 43.5. The smallest absolute Gasteiger partial charge is 0.309 e. The molecule has 10 nitrogen and oxygen atoms in total. The van der Waals surface area contributed by atoms with Gasteiger partial charge in [-0.3, -0.25) is 9.59 Å². The van der Waals surface area contributed by atoms with Crippen molar-refractivity contribution in [3.05, 3.63) is 0 Å². The first kappa shape index (κ1) is 59.5. The zero-order valence-corrected chi connectivity index (χ0v) is 40.4. The molecule has 0 aromatic rings. The number of amides is 1. The minimum Gasteiger partial charge on any atom is -0.465 e.